The molecular formula is C13H23N. The fourth-order valence-electron chi connectivity index (χ4n) is 2.84. The maximum absolute atomic E-state index is 4.84. The van der Waals surface area contributed by atoms with Crippen LogP contribution in [0.25, 0.3) is 0 Å². The zero-order valence-corrected chi connectivity index (χ0v) is 9.30. The van der Waals surface area contributed by atoms with Crippen molar-refractivity contribution in [3.8, 4) is 0 Å². The van der Waals surface area contributed by atoms with E-state index in [2.05, 4.69) is 0 Å². The molecule has 2 aliphatic rings. The van der Waals surface area contributed by atoms with Crippen molar-refractivity contribution in [2.45, 2.75) is 64.2 Å². The molecule has 1 saturated carbocycles. The molecule has 1 aliphatic carbocycles. The van der Waals surface area contributed by atoms with Crippen LogP contribution in [0.3, 0.4) is 0 Å². The van der Waals surface area contributed by atoms with Crippen LogP contribution >= 0.6 is 0 Å². The molecule has 80 valence electrons. The van der Waals surface area contributed by atoms with E-state index in [0.29, 0.717) is 0 Å². The van der Waals surface area contributed by atoms with Crippen LogP contribution in [0.5, 0.6) is 0 Å². The first-order chi connectivity index (χ1) is 6.97. The van der Waals surface area contributed by atoms with Gasteiger partial charge in [0.05, 0.1) is 0 Å². The van der Waals surface area contributed by atoms with Crippen LogP contribution in [0.1, 0.15) is 64.2 Å². The summed E-state index contributed by atoms with van der Waals surface area (Å²) in [6.07, 6.45) is 14.1. The van der Waals surface area contributed by atoms with Crippen molar-refractivity contribution in [3.63, 3.8) is 0 Å². The summed E-state index contributed by atoms with van der Waals surface area (Å²) in [5, 5.41) is 0. The van der Waals surface area contributed by atoms with Gasteiger partial charge in [0.1, 0.15) is 0 Å². The molecule has 0 N–H and O–H groups in total. The van der Waals surface area contributed by atoms with E-state index in [9.17, 15) is 0 Å². The first-order valence-electron chi connectivity index (χ1n) is 6.50. The van der Waals surface area contributed by atoms with E-state index in [1.165, 1.54) is 64.2 Å². The van der Waals surface area contributed by atoms with Gasteiger partial charge < -0.3 is 0 Å². The van der Waals surface area contributed by atoms with Crippen LogP contribution in [-0.4, -0.2) is 12.3 Å². The van der Waals surface area contributed by atoms with Crippen molar-refractivity contribution >= 4 is 5.71 Å². The second-order valence-electron chi connectivity index (χ2n) is 4.87. The summed E-state index contributed by atoms with van der Waals surface area (Å²) in [5.74, 6) is 0.871. The maximum atomic E-state index is 4.84. The fourth-order valence-corrected chi connectivity index (χ4v) is 2.84. The Balaban J connectivity index is 2.01. The van der Waals surface area contributed by atoms with Gasteiger partial charge in [-0.25, -0.2) is 0 Å². The Labute approximate surface area is 88.0 Å². The minimum absolute atomic E-state index is 0.871. The molecule has 1 unspecified atom stereocenters. The Kier molecular flexibility index (Phi) is 4.03. The quantitative estimate of drug-likeness (QED) is 0.552. The Hall–Kier alpha value is -0.330. The average Bonchev–Trinajstić information content (AvgIpc) is 2.35. The summed E-state index contributed by atoms with van der Waals surface area (Å²) in [6, 6.07) is 0. The summed E-state index contributed by atoms with van der Waals surface area (Å²) >= 11 is 0. The summed E-state index contributed by atoms with van der Waals surface area (Å²) in [4.78, 5) is 4.84. The molecule has 0 radical (unpaired) electrons. The Morgan fingerprint density at radius 2 is 1.50 bits per heavy atom. The number of fused-ring (bicyclic) bond motifs is 1. The minimum atomic E-state index is 0.871. The number of nitrogens with zero attached hydrogens (tertiary/aromatic N) is 1. The van der Waals surface area contributed by atoms with Gasteiger partial charge in [-0.05, 0) is 38.0 Å². The monoisotopic (exact) mass is 193 g/mol. The molecule has 0 aromatic carbocycles. The van der Waals surface area contributed by atoms with Crippen LogP contribution in [0, 0.1) is 5.92 Å². The highest BCUT2D eigenvalue weighted by Crippen LogP contribution is 2.26. The molecule has 1 fully saturated rings. The zero-order chi connectivity index (χ0) is 9.64. The molecule has 1 heteroatoms. The van der Waals surface area contributed by atoms with Gasteiger partial charge in [0, 0.05) is 12.3 Å². The highest BCUT2D eigenvalue weighted by atomic mass is 14.7. The average molecular weight is 193 g/mol. The van der Waals surface area contributed by atoms with Gasteiger partial charge in [-0.1, -0.05) is 32.1 Å². The van der Waals surface area contributed by atoms with Gasteiger partial charge in [-0.15, -0.1) is 0 Å². The number of aliphatic imine (C=N–C) groups is 1. The molecule has 14 heavy (non-hydrogen) atoms. The van der Waals surface area contributed by atoms with Crippen molar-refractivity contribution in [2.24, 2.45) is 10.9 Å². The lowest BCUT2D eigenvalue weighted by Crippen LogP contribution is -2.13. The van der Waals surface area contributed by atoms with Crippen molar-refractivity contribution < 1.29 is 0 Å². The third kappa shape index (κ3) is 2.83. The first-order valence-corrected chi connectivity index (χ1v) is 6.50. The molecule has 0 amide bonds. The summed E-state index contributed by atoms with van der Waals surface area (Å²) in [6.45, 7) is 1.12. The molecule has 1 aliphatic heterocycles. The molecular weight excluding hydrogens is 170 g/mol. The van der Waals surface area contributed by atoms with Crippen LogP contribution in [0.15, 0.2) is 4.99 Å². The normalized spacial score (nSPS) is 30.3. The minimum Gasteiger partial charge on any atom is -0.294 e. The Bertz CT molecular complexity index is 195. The summed E-state index contributed by atoms with van der Waals surface area (Å²) < 4.78 is 0. The van der Waals surface area contributed by atoms with E-state index < -0.39 is 0 Å². The fraction of sp³-hybridized carbons (Fsp3) is 0.923. The lowest BCUT2D eigenvalue weighted by molar-refractivity contribution is 0.517. The van der Waals surface area contributed by atoms with E-state index in [1.54, 1.807) is 5.71 Å². The first kappa shape index (κ1) is 10.2. The van der Waals surface area contributed by atoms with Crippen molar-refractivity contribution in [1.82, 2.24) is 0 Å². The van der Waals surface area contributed by atoms with Crippen LogP contribution < -0.4 is 0 Å². The highest BCUT2D eigenvalue weighted by molar-refractivity contribution is 5.87. The molecule has 0 bridgehead atoms. The van der Waals surface area contributed by atoms with E-state index in [0.717, 1.165) is 12.5 Å². The number of rotatable bonds is 0. The summed E-state index contributed by atoms with van der Waals surface area (Å²) in [7, 11) is 0. The molecule has 0 aromatic heterocycles. The van der Waals surface area contributed by atoms with Crippen LogP contribution in [0.2, 0.25) is 0 Å². The predicted octanol–water partition coefficient (Wildman–Crippen LogP) is 3.97. The standard InChI is InChI=1S/C13H23N/c1-2-7-11-14-13-10-6-3-5-9-12(13)8-4-1/h12H,1-11H2. The van der Waals surface area contributed by atoms with Crippen LogP contribution in [0.4, 0.5) is 0 Å². The lowest BCUT2D eigenvalue weighted by Gasteiger charge is -2.15. The van der Waals surface area contributed by atoms with Crippen LogP contribution in [-0.2, 0) is 0 Å². The highest BCUT2D eigenvalue weighted by Gasteiger charge is 2.18. The Morgan fingerprint density at radius 3 is 2.36 bits per heavy atom. The van der Waals surface area contributed by atoms with Gasteiger partial charge >= 0.3 is 0 Å². The largest absolute Gasteiger partial charge is 0.294 e. The molecule has 2 rings (SSSR count). The van der Waals surface area contributed by atoms with Crippen molar-refractivity contribution in [3.05, 3.63) is 0 Å². The van der Waals surface area contributed by atoms with Crippen molar-refractivity contribution in [2.75, 3.05) is 6.54 Å². The summed E-state index contributed by atoms with van der Waals surface area (Å²) in [5.41, 5.74) is 1.59. The number of hydrogen-bond acceptors (Lipinski definition) is 1. The molecule has 0 spiro atoms. The van der Waals surface area contributed by atoms with E-state index in [-0.39, 0.29) is 0 Å². The zero-order valence-electron chi connectivity index (χ0n) is 9.30. The van der Waals surface area contributed by atoms with Gasteiger partial charge in [-0.2, -0.15) is 0 Å². The second-order valence-corrected chi connectivity index (χ2v) is 4.87. The smallest absolute Gasteiger partial charge is 0.0388 e. The predicted molar refractivity (Wildman–Crippen MR) is 62.0 cm³/mol. The third-order valence-corrected chi connectivity index (χ3v) is 3.73. The molecule has 1 heterocycles. The van der Waals surface area contributed by atoms with E-state index in [1.807, 2.05) is 0 Å². The van der Waals surface area contributed by atoms with Gasteiger partial charge in [-0.3, -0.25) is 4.99 Å². The Morgan fingerprint density at radius 1 is 0.786 bits per heavy atom. The van der Waals surface area contributed by atoms with E-state index >= 15 is 0 Å². The topological polar surface area (TPSA) is 12.4 Å². The third-order valence-electron chi connectivity index (χ3n) is 3.73. The van der Waals surface area contributed by atoms with Gasteiger partial charge in [0.2, 0.25) is 0 Å². The van der Waals surface area contributed by atoms with Gasteiger partial charge in [0.15, 0.2) is 0 Å². The molecule has 0 aromatic rings. The molecule has 1 nitrogen and oxygen atoms in total. The molecule has 0 saturated heterocycles. The van der Waals surface area contributed by atoms with Crippen molar-refractivity contribution in [1.29, 1.82) is 0 Å². The van der Waals surface area contributed by atoms with Gasteiger partial charge in [0.25, 0.3) is 0 Å². The SMILES string of the molecule is C1CCCC2CCCCCC2=NCC1. The van der Waals surface area contributed by atoms with E-state index in [4.69, 9.17) is 4.99 Å². The maximum Gasteiger partial charge on any atom is 0.0388 e. The lowest BCUT2D eigenvalue weighted by atomic mass is 9.92. The molecule has 1 atom stereocenters. The number of hydrogen-bond donors (Lipinski definition) is 0. The second kappa shape index (κ2) is 5.53.